The molecule has 0 saturated carbocycles. The molecule has 0 fully saturated rings. The Bertz CT molecular complexity index is 485. The van der Waals surface area contributed by atoms with Gasteiger partial charge in [-0.15, -0.1) is 0 Å². The Hall–Kier alpha value is -1.97. The fraction of sp³-hybridized carbons (Fsp3) is 0.100. The average molecular weight is 190 g/mol. The number of rotatable bonds is 2. The second-order valence-electron chi connectivity index (χ2n) is 2.86. The normalized spacial score (nSPS) is 10.1. The molecule has 1 aromatic heterocycles. The maximum Gasteiger partial charge on any atom is 0.271 e. The minimum atomic E-state index is -0.144. The Morgan fingerprint density at radius 3 is 2.64 bits per heavy atom. The molecular formula is C10H10N2O2. The van der Waals surface area contributed by atoms with Crippen LogP contribution in [0.15, 0.2) is 35.3 Å². The van der Waals surface area contributed by atoms with E-state index in [-0.39, 0.29) is 5.56 Å². The molecular weight excluding hydrogens is 180 g/mol. The largest absolute Gasteiger partial charge is 0.496 e. The van der Waals surface area contributed by atoms with Gasteiger partial charge in [-0.25, -0.2) is 0 Å². The van der Waals surface area contributed by atoms with Crippen molar-refractivity contribution in [2.75, 3.05) is 7.11 Å². The van der Waals surface area contributed by atoms with Crippen LogP contribution >= 0.6 is 0 Å². The van der Waals surface area contributed by atoms with Crippen LogP contribution in [0.5, 0.6) is 5.75 Å². The Kier molecular flexibility index (Phi) is 2.10. The predicted octanol–water partition coefficient (Wildman–Crippen LogP) is 1.38. The number of H-pyrrole nitrogens is 2. The number of aromatic amines is 2. The van der Waals surface area contributed by atoms with Crippen LogP contribution in [-0.2, 0) is 0 Å². The van der Waals surface area contributed by atoms with Crippen LogP contribution < -0.4 is 10.3 Å². The van der Waals surface area contributed by atoms with E-state index in [0.717, 1.165) is 5.56 Å². The van der Waals surface area contributed by atoms with Gasteiger partial charge in [-0.05, 0) is 6.07 Å². The molecule has 0 aliphatic carbocycles. The highest BCUT2D eigenvalue weighted by Gasteiger charge is 2.08. The van der Waals surface area contributed by atoms with Gasteiger partial charge in [0.2, 0.25) is 0 Å². The molecule has 1 aromatic carbocycles. The summed E-state index contributed by atoms with van der Waals surface area (Å²) >= 11 is 0. The van der Waals surface area contributed by atoms with Crippen LogP contribution in [0.2, 0.25) is 0 Å². The predicted molar refractivity (Wildman–Crippen MR) is 53.4 cm³/mol. The standard InChI is InChI=1S/C10H10N2O2/c1-14-9-5-3-2-4-7(9)8-6-11-12-10(8)13/h2-6H,1H3,(H2,11,12,13). The molecule has 0 radical (unpaired) electrons. The van der Waals surface area contributed by atoms with Crippen LogP contribution in [-0.4, -0.2) is 17.3 Å². The number of ether oxygens (including phenoxy) is 1. The van der Waals surface area contributed by atoms with Crippen molar-refractivity contribution in [3.8, 4) is 16.9 Å². The lowest BCUT2D eigenvalue weighted by Crippen LogP contribution is -2.02. The van der Waals surface area contributed by atoms with E-state index in [1.54, 1.807) is 13.3 Å². The molecule has 2 aromatic rings. The van der Waals surface area contributed by atoms with E-state index in [1.165, 1.54) is 0 Å². The summed E-state index contributed by atoms with van der Waals surface area (Å²) < 4.78 is 5.16. The molecule has 0 bridgehead atoms. The monoisotopic (exact) mass is 190 g/mol. The number of para-hydroxylation sites is 1. The lowest BCUT2D eigenvalue weighted by molar-refractivity contribution is 0.416. The second-order valence-corrected chi connectivity index (χ2v) is 2.86. The lowest BCUT2D eigenvalue weighted by atomic mass is 10.1. The highest BCUT2D eigenvalue weighted by molar-refractivity contribution is 5.68. The van der Waals surface area contributed by atoms with E-state index in [4.69, 9.17) is 4.74 Å². The van der Waals surface area contributed by atoms with Gasteiger partial charge in [-0.3, -0.25) is 9.89 Å². The van der Waals surface area contributed by atoms with Gasteiger partial charge in [0.1, 0.15) is 5.75 Å². The van der Waals surface area contributed by atoms with E-state index < -0.39 is 0 Å². The van der Waals surface area contributed by atoms with Gasteiger partial charge in [-0.1, -0.05) is 18.2 Å². The van der Waals surface area contributed by atoms with Gasteiger partial charge in [0.25, 0.3) is 5.56 Å². The number of methoxy groups -OCH3 is 1. The topological polar surface area (TPSA) is 57.9 Å². The number of aromatic nitrogens is 2. The SMILES string of the molecule is COc1ccccc1-c1c[nH][nH]c1=O. The summed E-state index contributed by atoms with van der Waals surface area (Å²) in [5.74, 6) is 0.692. The van der Waals surface area contributed by atoms with Crippen molar-refractivity contribution in [2.45, 2.75) is 0 Å². The summed E-state index contributed by atoms with van der Waals surface area (Å²) in [6.07, 6.45) is 1.63. The van der Waals surface area contributed by atoms with Gasteiger partial charge in [0.05, 0.1) is 12.7 Å². The van der Waals surface area contributed by atoms with Crippen molar-refractivity contribution < 1.29 is 4.74 Å². The summed E-state index contributed by atoms with van der Waals surface area (Å²) in [7, 11) is 1.58. The summed E-state index contributed by atoms with van der Waals surface area (Å²) in [6.45, 7) is 0. The van der Waals surface area contributed by atoms with E-state index in [0.29, 0.717) is 11.3 Å². The smallest absolute Gasteiger partial charge is 0.271 e. The van der Waals surface area contributed by atoms with E-state index in [2.05, 4.69) is 10.2 Å². The van der Waals surface area contributed by atoms with E-state index in [1.807, 2.05) is 24.3 Å². The number of benzene rings is 1. The van der Waals surface area contributed by atoms with Crippen molar-refractivity contribution in [2.24, 2.45) is 0 Å². The van der Waals surface area contributed by atoms with Crippen molar-refractivity contribution in [3.05, 3.63) is 40.8 Å². The maximum atomic E-state index is 11.3. The zero-order valence-electron chi connectivity index (χ0n) is 7.70. The first-order valence-electron chi connectivity index (χ1n) is 4.22. The molecule has 0 aliphatic rings. The third-order valence-electron chi connectivity index (χ3n) is 2.04. The first kappa shape index (κ1) is 8.62. The molecule has 2 N–H and O–H groups in total. The molecule has 4 heteroatoms. The van der Waals surface area contributed by atoms with Crippen LogP contribution in [0.4, 0.5) is 0 Å². The second kappa shape index (κ2) is 3.41. The fourth-order valence-electron chi connectivity index (χ4n) is 1.37. The molecule has 0 unspecified atom stereocenters. The Morgan fingerprint density at radius 2 is 2.00 bits per heavy atom. The summed E-state index contributed by atoms with van der Waals surface area (Å²) in [5.41, 5.74) is 1.23. The molecule has 0 saturated heterocycles. The first-order valence-corrected chi connectivity index (χ1v) is 4.22. The molecule has 14 heavy (non-hydrogen) atoms. The van der Waals surface area contributed by atoms with E-state index in [9.17, 15) is 4.79 Å². The number of nitrogens with one attached hydrogen (secondary N) is 2. The molecule has 72 valence electrons. The summed E-state index contributed by atoms with van der Waals surface area (Å²) in [5, 5.41) is 5.14. The van der Waals surface area contributed by atoms with Gasteiger partial charge in [0, 0.05) is 11.8 Å². The van der Waals surface area contributed by atoms with Gasteiger partial charge < -0.3 is 9.84 Å². The van der Waals surface area contributed by atoms with Crippen molar-refractivity contribution in [3.63, 3.8) is 0 Å². The van der Waals surface area contributed by atoms with Gasteiger partial charge in [-0.2, -0.15) is 0 Å². The zero-order chi connectivity index (χ0) is 9.97. The van der Waals surface area contributed by atoms with E-state index >= 15 is 0 Å². The van der Waals surface area contributed by atoms with Crippen molar-refractivity contribution in [1.82, 2.24) is 10.2 Å². The summed E-state index contributed by atoms with van der Waals surface area (Å²) in [4.78, 5) is 11.3. The van der Waals surface area contributed by atoms with Crippen LogP contribution in [0, 0.1) is 0 Å². The molecule has 4 nitrogen and oxygen atoms in total. The maximum absolute atomic E-state index is 11.3. The van der Waals surface area contributed by atoms with Crippen molar-refractivity contribution >= 4 is 0 Å². The van der Waals surface area contributed by atoms with Crippen LogP contribution in [0.3, 0.4) is 0 Å². The summed E-state index contributed by atoms with van der Waals surface area (Å²) in [6, 6.07) is 7.40. The number of hydrogen-bond acceptors (Lipinski definition) is 2. The highest BCUT2D eigenvalue weighted by atomic mass is 16.5. The molecule has 2 rings (SSSR count). The number of hydrogen-bond donors (Lipinski definition) is 2. The quantitative estimate of drug-likeness (QED) is 0.751. The van der Waals surface area contributed by atoms with Crippen LogP contribution in [0.1, 0.15) is 0 Å². The minimum Gasteiger partial charge on any atom is -0.496 e. The fourth-order valence-corrected chi connectivity index (χ4v) is 1.37. The Morgan fingerprint density at radius 1 is 1.21 bits per heavy atom. The van der Waals surface area contributed by atoms with Crippen LogP contribution in [0.25, 0.3) is 11.1 Å². The third-order valence-corrected chi connectivity index (χ3v) is 2.04. The minimum absolute atomic E-state index is 0.144. The molecule has 0 atom stereocenters. The average Bonchev–Trinajstić information content (AvgIpc) is 2.64. The lowest BCUT2D eigenvalue weighted by Gasteiger charge is -2.04. The Labute approximate surface area is 80.5 Å². The van der Waals surface area contributed by atoms with Crippen molar-refractivity contribution in [1.29, 1.82) is 0 Å². The zero-order valence-corrected chi connectivity index (χ0v) is 7.70. The molecule has 0 spiro atoms. The molecule has 1 heterocycles. The highest BCUT2D eigenvalue weighted by Crippen LogP contribution is 2.26. The Balaban J connectivity index is 2.62. The molecule has 0 amide bonds. The van der Waals surface area contributed by atoms with Gasteiger partial charge >= 0.3 is 0 Å². The van der Waals surface area contributed by atoms with Gasteiger partial charge in [0.15, 0.2) is 0 Å². The molecule has 0 aliphatic heterocycles. The third kappa shape index (κ3) is 1.31. The first-order chi connectivity index (χ1) is 6.83.